The second-order valence-electron chi connectivity index (χ2n) is 9.30. The molecule has 1 saturated heterocycles. The zero-order valence-electron chi connectivity index (χ0n) is 20.0. The van der Waals surface area contributed by atoms with Crippen molar-refractivity contribution in [2.24, 2.45) is 0 Å². The van der Waals surface area contributed by atoms with E-state index in [9.17, 15) is 4.79 Å². The molecule has 4 heterocycles. The largest absolute Gasteiger partial charge is 0.488 e. The van der Waals surface area contributed by atoms with Crippen LogP contribution in [0.1, 0.15) is 12.8 Å². The van der Waals surface area contributed by atoms with Gasteiger partial charge >= 0.3 is 0 Å². The number of ether oxygens (including phenoxy) is 2. The van der Waals surface area contributed by atoms with Gasteiger partial charge in [-0.3, -0.25) is 0 Å². The molecule has 1 atom stereocenters. The van der Waals surface area contributed by atoms with E-state index >= 15 is 0 Å². The third-order valence-electron chi connectivity index (χ3n) is 5.42. The molecule has 0 unspecified atom stereocenters. The third-order valence-corrected chi connectivity index (χ3v) is 7.13. The topological polar surface area (TPSA) is 93.2 Å². The number of methoxy groups -OCH3 is 1. The van der Waals surface area contributed by atoms with E-state index in [1.54, 1.807) is 26.9 Å². The van der Waals surface area contributed by atoms with E-state index < -0.39 is 8.07 Å². The van der Waals surface area contributed by atoms with E-state index in [1.807, 2.05) is 23.1 Å². The van der Waals surface area contributed by atoms with Gasteiger partial charge in [0, 0.05) is 52.5 Å². The normalized spacial score (nSPS) is 16.7. The lowest BCUT2D eigenvalue weighted by atomic mass is 9.90. The molecule has 0 aromatic carbocycles. The van der Waals surface area contributed by atoms with Gasteiger partial charge in [0.15, 0.2) is 0 Å². The van der Waals surface area contributed by atoms with Crippen molar-refractivity contribution in [2.75, 3.05) is 26.8 Å². The molecule has 0 bridgehead atoms. The Balaban J connectivity index is 0.000000331. The van der Waals surface area contributed by atoms with Crippen molar-refractivity contribution in [2.45, 2.75) is 44.6 Å². The Hall–Kier alpha value is -2.56. The Morgan fingerprint density at radius 2 is 2.12 bits per heavy atom. The third kappa shape index (κ3) is 7.48. The van der Waals surface area contributed by atoms with E-state index in [1.165, 1.54) is 12.4 Å². The maximum atomic E-state index is 10.7. The highest BCUT2D eigenvalue weighted by molar-refractivity contribution is 6.76. The molecule has 3 aromatic heterocycles. The fourth-order valence-corrected chi connectivity index (χ4v) is 4.46. The van der Waals surface area contributed by atoms with Gasteiger partial charge in [-0.2, -0.15) is 0 Å². The second-order valence-corrected chi connectivity index (χ2v) is 14.9. The maximum absolute atomic E-state index is 10.7. The molecule has 175 valence electrons. The van der Waals surface area contributed by atoms with E-state index in [0.717, 1.165) is 60.2 Å². The van der Waals surface area contributed by atoms with Crippen LogP contribution in [-0.4, -0.2) is 79.3 Å². The van der Waals surface area contributed by atoms with Crippen LogP contribution in [0.4, 0.5) is 0 Å². The monoisotopic (exact) mass is 466 g/mol. The molecule has 0 aliphatic carbocycles. The van der Waals surface area contributed by atoms with Crippen LogP contribution >= 0.6 is 0 Å². The number of carbonyl (C=O) groups is 1. The van der Waals surface area contributed by atoms with Crippen molar-refractivity contribution in [3.05, 3.63) is 37.1 Å². The first-order chi connectivity index (χ1) is 15.9. The van der Waals surface area contributed by atoms with Gasteiger partial charge in [0.1, 0.15) is 23.8 Å². The number of piperidine rings is 1. The number of nitrogens with zero attached hydrogens (tertiary/aromatic N) is 4. The van der Waals surface area contributed by atoms with Crippen LogP contribution in [-0.2, 0) is 9.53 Å². The summed E-state index contributed by atoms with van der Waals surface area (Å²) in [6.45, 7) is 9.59. The summed E-state index contributed by atoms with van der Waals surface area (Å²) in [4.78, 5) is 28.6. The van der Waals surface area contributed by atoms with E-state index in [4.69, 9.17) is 9.47 Å². The first-order valence-corrected chi connectivity index (χ1v) is 15.0. The number of hydrogen-bond donors (Lipinski definition) is 1. The lowest BCUT2D eigenvalue weighted by Gasteiger charge is -2.31. The molecule has 8 nitrogen and oxygen atoms in total. The minimum atomic E-state index is -0.803. The Morgan fingerprint density at radius 1 is 1.27 bits per heavy atom. The molecule has 3 aromatic rings. The summed E-state index contributed by atoms with van der Waals surface area (Å²) < 4.78 is 11.2. The zero-order chi connectivity index (χ0) is 23.7. The van der Waals surface area contributed by atoms with E-state index in [2.05, 4.69) is 39.6 Å². The molecule has 1 N–H and O–H groups in total. The molecule has 1 aliphatic heterocycles. The van der Waals surface area contributed by atoms with Gasteiger partial charge in [0.25, 0.3) is 7.41 Å². The Morgan fingerprint density at radius 3 is 2.79 bits per heavy atom. The standard InChI is InChI=1S/C17H17BN5O2.C6H16OSi/c24-10-18-23-7-1-2-12(9-23)25-15-4-6-20-17-16(15)13(8-21-17)14-3-5-19-11-22-14;1-7-5-6-8(2,3)4/h3-6,8,10-12H,1-2,7,9H2,(H,20,21);5-6H2,1-4H3/t12-;/m1./s1. The molecule has 1 radical (unpaired) electrons. The highest BCUT2D eigenvalue weighted by Crippen LogP contribution is 2.34. The molecule has 1 fully saturated rings. The number of pyridine rings is 1. The van der Waals surface area contributed by atoms with Crippen molar-refractivity contribution >= 4 is 32.7 Å². The molecule has 33 heavy (non-hydrogen) atoms. The number of carbonyl (C=O) groups excluding carboxylic acids is 1. The van der Waals surface area contributed by atoms with Gasteiger partial charge in [-0.05, 0) is 37.6 Å². The quantitative estimate of drug-likeness (QED) is 0.400. The second kappa shape index (κ2) is 12.1. The van der Waals surface area contributed by atoms with Crippen molar-refractivity contribution in [3.63, 3.8) is 0 Å². The molecular weight excluding hydrogens is 433 g/mol. The lowest BCUT2D eigenvalue weighted by Crippen LogP contribution is -2.43. The molecule has 10 heteroatoms. The summed E-state index contributed by atoms with van der Waals surface area (Å²) >= 11 is 0. The van der Waals surface area contributed by atoms with Crippen LogP contribution in [0, 0.1) is 0 Å². The predicted octanol–water partition coefficient (Wildman–Crippen LogP) is 3.64. The number of aromatic nitrogens is 4. The number of rotatable bonds is 8. The average molecular weight is 466 g/mol. The summed E-state index contributed by atoms with van der Waals surface area (Å²) in [5.74, 6) is 0.776. The van der Waals surface area contributed by atoms with Gasteiger partial charge < -0.3 is 24.1 Å². The lowest BCUT2D eigenvalue weighted by molar-refractivity contribution is 0.132. The van der Waals surface area contributed by atoms with Gasteiger partial charge in [-0.25, -0.2) is 15.0 Å². The molecule has 4 rings (SSSR count). The number of aromatic amines is 1. The number of fused-ring (bicyclic) bond motifs is 1. The van der Waals surface area contributed by atoms with Crippen LogP contribution in [0.2, 0.25) is 25.7 Å². The van der Waals surface area contributed by atoms with Gasteiger partial charge in [-0.1, -0.05) is 19.6 Å². The van der Waals surface area contributed by atoms with Crippen LogP contribution in [0.25, 0.3) is 22.3 Å². The van der Waals surface area contributed by atoms with Crippen LogP contribution in [0.15, 0.2) is 37.1 Å². The Labute approximate surface area is 197 Å². The van der Waals surface area contributed by atoms with Crippen LogP contribution in [0.5, 0.6) is 5.75 Å². The van der Waals surface area contributed by atoms with Crippen LogP contribution < -0.4 is 4.74 Å². The summed E-state index contributed by atoms with van der Waals surface area (Å²) in [5, 5.41) is 0.915. The minimum absolute atomic E-state index is 0.0312. The molecule has 0 saturated carbocycles. The van der Waals surface area contributed by atoms with Gasteiger partial charge in [0.05, 0.1) is 17.3 Å². The first-order valence-electron chi connectivity index (χ1n) is 11.3. The molecule has 0 spiro atoms. The fourth-order valence-electron chi connectivity index (χ4n) is 3.65. The van der Waals surface area contributed by atoms with Gasteiger partial charge in [-0.15, -0.1) is 0 Å². The van der Waals surface area contributed by atoms with Crippen LogP contribution in [0.3, 0.4) is 0 Å². The zero-order valence-corrected chi connectivity index (χ0v) is 21.0. The van der Waals surface area contributed by atoms with Crippen molar-refractivity contribution in [3.8, 4) is 17.0 Å². The van der Waals surface area contributed by atoms with Crippen molar-refractivity contribution < 1.29 is 14.3 Å². The predicted molar refractivity (Wildman–Crippen MR) is 135 cm³/mol. The minimum Gasteiger partial charge on any atom is -0.488 e. The fraction of sp³-hybridized carbons (Fsp3) is 0.478. The van der Waals surface area contributed by atoms with Crippen molar-refractivity contribution in [1.82, 2.24) is 24.7 Å². The SMILES string of the molecule is COCC[Si](C)(C)C.O=C[B]N1CCC[C@@H](Oc2ccnc3[nH]cc(-c4ccncn4)c23)C1. The summed E-state index contributed by atoms with van der Waals surface area (Å²) in [5.41, 5.74) is 2.52. The molecule has 0 amide bonds. The Kier molecular flexibility index (Phi) is 9.16. The summed E-state index contributed by atoms with van der Waals surface area (Å²) in [6.07, 6.45) is 9.67. The molecule has 1 aliphatic rings. The highest BCUT2D eigenvalue weighted by atomic mass is 28.3. The summed E-state index contributed by atoms with van der Waals surface area (Å²) in [6, 6.07) is 5.02. The van der Waals surface area contributed by atoms with Gasteiger partial charge in [0.2, 0.25) is 0 Å². The smallest absolute Gasteiger partial charge is 0.293 e. The summed E-state index contributed by atoms with van der Waals surface area (Å²) in [7, 11) is 2.54. The number of nitrogens with one attached hydrogen (secondary N) is 1. The number of hydrogen-bond acceptors (Lipinski definition) is 7. The Bertz CT molecular complexity index is 1010. The number of H-pyrrole nitrogens is 1. The van der Waals surface area contributed by atoms with Crippen molar-refractivity contribution in [1.29, 1.82) is 0 Å². The molecular formula is C23H33BN5O3Si. The van der Waals surface area contributed by atoms with E-state index in [-0.39, 0.29) is 6.10 Å². The highest BCUT2D eigenvalue weighted by Gasteiger charge is 2.23. The maximum Gasteiger partial charge on any atom is 0.293 e. The first kappa shape index (κ1) is 25.1. The average Bonchev–Trinajstić information content (AvgIpc) is 3.24. The van der Waals surface area contributed by atoms with E-state index in [0.29, 0.717) is 6.54 Å².